The van der Waals surface area contributed by atoms with Gasteiger partial charge in [0, 0.05) is 22.7 Å². The average Bonchev–Trinajstić information content (AvgIpc) is 2.86. The summed E-state index contributed by atoms with van der Waals surface area (Å²) >= 11 is 0. The molecule has 8 atom stereocenters. The summed E-state index contributed by atoms with van der Waals surface area (Å²) in [7, 11) is 0. The molecule has 0 radical (unpaired) electrons. The highest BCUT2D eigenvalue weighted by Gasteiger charge is 2.95. The van der Waals surface area contributed by atoms with E-state index < -0.39 is 0 Å². The van der Waals surface area contributed by atoms with Crippen LogP contribution < -0.4 is 0 Å². The number of carbonyl (C=O) groups excluding carboxylic acids is 2. The maximum absolute atomic E-state index is 12.8. The van der Waals surface area contributed by atoms with Crippen LogP contribution in [0.1, 0.15) is 32.1 Å². The molecule has 2 bridgehead atoms. The molecule has 6 aliphatic rings. The Morgan fingerprint density at radius 1 is 0.824 bits per heavy atom. The van der Waals surface area contributed by atoms with Crippen molar-refractivity contribution in [2.75, 3.05) is 0 Å². The molecule has 2 heteroatoms. The molecule has 2 nitrogen and oxygen atoms in total. The normalized spacial score (nSPS) is 72.2. The van der Waals surface area contributed by atoms with Crippen molar-refractivity contribution in [1.29, 1.82) is 0 Å². The molecular weight excluding hydrogens is 212 g/mol. The molecule has 6 saturated carbocycles. The monoisotopic (exact) mass is 228 g/mol. The lowest BCUT2D eigenvalue weighted by molar-refractivity contribution is -0.202. The van der Waals surface area contributed by atoms with Crippen molar-refractivity contribution in [3.8, 4) is 0 Å². The van der Waals surface area contributed by atoms with E-state index in [-0.39, 0.29) is 22.7 Å². The fraction of sp³-hybridized carbons (Fsp3) is 0.867. The molecule has 88 valence electrons. The third-order valence-electron chi connectivity index (χ3n) is 7.97. The van der Waals surface area contributed by atoms with Gasteiger partial charge in [-0.3, -0.25) is 9.59 Å². The quantitative estimate of drug-likeness (QED) is 0.634. The minimum absolute atomic E-state index is 0.107. The third-order valence-corrected chi connectivity index (χ3v) is 7.97. The summed E-state index contributed by atoms with van der Waals surface area (Å²) in [6.07, 6.45) is 5.74. The van der Waals surface area contributed by atoms with E-state index in [0.717, 1.165) is 12.8 Å². The van der Waals surface area contributed by atoms with Crippen LogP contribution in [0.25, 0.3) is 0 Å². The molecule has 0 aliphatic heterocycles. The van der Waals surface area contributed by atoms with E-state index in [4.69, 9.17) is 0 Å². The molecule has 6 aliphatic carbocycles. The minimum atomic E-state index is -0.107. The predicted octanol–water partition coefficient (Wildman–Crippen LogP) is 1.83. The van der Waals surface area contributed by atoms with Gasteiger partial charge in [-0.05, 0) is 42.9 Å². The average molecular weight is 228 g/mol. The van der Waals surface area contributed by atoms with Gasteiger partial charge in [-0.25, -0.2) is 0 Å². The van der Waals surface area contributed by atoms with Gasteiger partial charge in [0.2, 0.25) is 0 Å². The molecule has 6 rings (SSSR count). The highest BCUT2D eigenvalue weighted by atomic mass is 16.2. The Hall–Kier alpha value is -0.660. The van der Waals surface area contributed by atoms with Crippen LogP contribution in [-0.4, -0.2) is 11.6 Å². The van der Waals surface area contributed by atoms with Gasteiger partial charge in [-0.15, -0.1) is 0 Å². The van der Waals surface area contributed by atoms with E-state index in [1.165, 1.54) is 19.3 Å². The van der Waals surface area contributed by atoms with Crippen molar-refractivity contribution >= 4 is 11.6 Å². The minimum Gasteiger partial charge on any atom is -0.299 e. The van der Waals surface area contributed by atoms with Gasteiger partial charge in [-0.2, -0.15) is 0 Å². The second kappa shape index (κ2) is 1.94. The van der Waals surface area contributed by atoms with Crippen LogP contribution in [0.2, 0.25) is 0 Å². The van der Waals surface area contributed by atoms with Crippen LogP contribution in [0.5, 0.6) is 0 Å². The molecule has 0 aromatic heterocycles. The lowest BCUT2D eigenvalue weighted by Gasteiger charge is -2.65. The molecule has 0 amide bonds. The van der Waals surface area contributed by atoms with Crippen LogP contribution in [-0.2, 0) is 9.59 Å². The number of fused-ring (bicyclic) bond motifs is 1. The zero-order valence-electron chi connectivity index (χ0n) is 9.82. The smallest absolute Gasteiger partial charge is 0.144 e. The maximum Gasteiger partial charge on any atom is 0.144 e. The van der Waals surface area contributed by atoms with E-state index in [2.05, 4.69) is 0 Å². The Balaban J connectivity index is 1.76. The number of Topliss-reactive ketones (excluding diaryl/α,β-unsaturated/α-hetero) is 2. The van der Waals surface area contributed by atoms with Crippen molar-refractivity contribution in [2.24, 2.45) is 46.3 Å². The van der Waals surface area contributed by atoms with E-state index in [9.17, 15) is 9.59 Å². The zero-order valence-corrected chi connectivity index (χ0v) is 9.82. The highest BCUT2D eigenvalue weighted by molar-refractivity contribution is 6.11. The van der Waals surface area contributed by atoms with Crippen molar-refractivity contribution in [2.45, 2.75) is 32.1 Å². The first kappa shape index (κ1) is 8.44. The largest absolute Gasteiger partial charge is 0.299 e. The predicted molar refractivity (Wildman–Crippen MR) is 58.9 cm³/mol. The first-order chi connectivity index (χ1) is 8.25. The Labute approximate surface area is 100 Å². The SMILES string of the molecule is O=C1[C@@H]2[C@H]3C[C@H]4[C@@H]2C(=O)[C@@]25CCCC[C@@]12[C@@H]3[C@@H]45. The first-order valence-corrected chi connectivity index (χ1v) is 7.34. The van der Waals surface area contributed by atoms with E-state index in [0.29, 0.717) is 35.2 Å². The lowest BCUT2D eigenvalue weighted by Crippen LogP contribution is -2.69. The molecule has 0 unspecified atom stereocenters. The number of ketones is 2. The standard InChI is InChI=1S/C15H16O2/c16-12-8-6-5-7-9(8)13(17)15-4-2-1-3-14(12,15)10(6)11(7)15/h6-11H,1-5H2/t6-,7+,8-,9+,10+,11-,14-,15+. The van der Waals surface area contributed by atoms with Crippen LogP contribution in [0, 0.1) is 46.3 Å². The van der Waals surface area contributed by atoms with Crippen molar-refractivity contribution in [3.05, 3.63) is 0 Å². The van der Waals surface area contributed by atoms with Crippen LogP contribution in [0.15, 0.2) is 0 Å². The molecule has 6 fully saturated rings. The molecule has 0 aromatic rings. The van der Waals surface area contributed by atoms with Crippen LogP contribution in [0.3, 0.4) is 0 Å². The van der Waals surface area contributed by atoms with Gasteiger partial charge < -0.3 is 0 Å². The Bertz CT molecular complexity index is 477. The Morgan fingerprint density at radius 2 is 1.29 bits per heavy atom. The van der Waals surface area contributed by atoms with Crippen molar-refractivity contribution in [1.82, 2.24) is 0 Å². The second-order valence-corrected chi connectivity index (χ2v) is 7.54. The summed E-state index contributed by atoms with van der Waals surface area (Å²) in [5.74, 6) is 4.12. The topological polar surface area (TPSA) is 34.1 Å². The fourth-order valence-electron chi connectivity index (χ4n) is 8.17. The van der Waals surface area contributed by atoms with Crippen LogP contribution >= 0.6 is 0 Å². The molecule has 17 heavy (non-hydrogen) atoms. The number of hydrogen-bond acceptors (Lipinski definition) is 2. The summed E-state index contributed by atoms with van der Waals surface area (Å²) in [5, 5.41) is 0. The number of carbonyl (C=O) groups is 2. The summed E-state index contributed by atoms with van der Waals surface area (Å²) < 4.78 is 0. The molecule has 0 saturated heterocycles. The molecule has 0 N–H and O–H groups in total. The zero-order chi connectivity index (χ0) is 11.2. The summed E-state index contributed by atoms with van der Waals surface area (Å²) in [6, 6.07) is 0. The van der Waals surface area contributed by atoms with Gasteiger partial charge in [-0.1, -0.05) is 12.8 Å². The highest BCUT2D eigenvalue weighted by Crippen LogP contribution is 2.92. The lowest BCUT2D eigenvalue weighted by atomic mass is 9.35. The van der Waals surface area contributed by atoms with Crippen LogP contribution in [0.4, 0.5) is 0 Å². The molecule has 0 heterocycles. The van der Waals surface area contributed by atoms with Crippen molar-refractivity contribution < 1.29 is 9.59 Å². The summed E-state index contributed by atoms with van der Waals surface area (Å²) in [4.78, 5) is 25.7. The van der Waals surface area contributed by atoms with E-state index in [1.54, 1.807) is 0 Å². The van der Waals surface area contributed by atoms with Crippen molar-refractivity contribution in [3.63, 3.8) is 0 Å². The summed E-state index contributed by atoms with van der Waals surface area (Å²) in [5.41, 5.74) is -0.214. The summed E-state index contributed by atoms with van der Waals surface area (Å²) in [6.45, 7) is 0. The van der Waals surface area contributed by atoms with E-state index >= 15 is 0 Å². The molecule has 0 aromatic carbocycles. The van der Waals surface area contributed by atoms with Gasteiger partial charge in [0.25, 0.3) is 0 Å². The van der Waals surface area contributed by atoms with Gasteiger partial charge in [0.15, 0.2) is 0 Å². The fourth-order valence-corrected chi connectivity index (χ4v) is 8.17. The number of rotatable bonds is 0. The van der Waals surface area contributed by atoms with Gasteiger partial charge in [0.05, 0.1) is 0 Å². The Kier molecular flexibility index (Phi) is 0.963. The van der Waals surface area contributed by atoms with E-state index in [1.807, 2.05) is 0 Å². The third kappa shape index (κ3) is 0.456. The first-order valence-electron chi connectivity index (χ1n) is 7.34. The second-order valence-electron chi connectivity index (χ2n) is 7.54. The van der Waals surface area contributed by atoms with Gasteiger partial charge >= 0.3 is 0 Å². The number of hydrogen-bond donors (Lipinski definition) is 0. The Morgan fingerprint density at radius 3 is 1.76 bits per heavy atom. The van der Waals surface area contributed by atoms with Gasteiger partial charge in [0.1, 0.15) is 11.6 Å². The maximum atomic E-state index is 12.8. The molecular formula is C15H16O2. The molecule has 2 spiro atoms.